The fraction of sp³-hybridized carbons (Fsp3) is 0.457. The molecule has 250 valence electrons. The standard InChI is InChI=1S/C35H34F4N6O3/c1-3-23-27-19(10-26(37)28(23)38)9-22(46)11-24(27)30-29(39)31-25(13-40-30)32(44-15-21-5-7-34(16-44,43-21)17-47-2)42-33(41-31)48-18-35-6-4-8-45(35)14-20(36)12-35/h1,9-11,13,20-21,43,46H,4-8,12,14-18H2,2H3/t20-,21?,34?,35+/m1/s1/i2D3. The van der Waals surface area contributed by atoms with Crippen molar-refractivity contribution in [3.8, 4) is 35.4 Å². The van der Waals surface area contributed by atoms with Gasteiger partial charge in [0.25, 0.3) is 0 Å². The SMILES string of the molecule is [2H]C([2H])([2H])OCC12CCC(CN(c3nc(OC[C@@]45CCCN4C[C@H](F)C5)nc4c(F)c(-c5cc(O)cc6cc(F)c(F)c(C#C)c56)ncc34)C1)N2. The number of nitrogens with zero attached hydrogens (tertiary/aromatic N) is 5. The van der Waals surface area contributed by atoms with Crippen LogP contribution in [0.5, 0.6) is 11.8 Å². The maximum absolute atomic E-state index is 17.0. The highest BCUT2D eigenvalue weighted by atomic mass is 19.2. The lowest BCUT2D eigenvalue weighted by Crippen LogP contribution is -2.61. The number of aromatic nitrogens is 3. The predicted octanol–water partition coefficient (Wildman–Crippen LogP) is 4.86. The van der Waals surface area contributed by atoms with Gasteiger partial charge in [-0.1, -0.05) is 5.92 Å². The number of terminal acetylenes is 1. The zero-order valence-electron chi connectivity index (χ0n) is 28.8. The Morgan fingerprint density at radius 3 is 2.88 bits per heavy atom. The van der Waals surface area contributed by atoms with Crippen molar-refractivity contribution in [3.63, 3.8) is 0 Å². The zero-order valence-corrected chi connectivity index (χ0v) is 25.8. The molecule has 0 spiro atoms. The Labute approximate surface area is 278 Å². The van der Waals surface area contributed by atoms with Crippen LogP contribution in [0.25, 0.3) is 32.9 Å². The molecule has 9 nitrogen and oxygen atoms in total. The fourth-order valence-electron chi connectivity index (χ4n) is 8.40. The zero-order chi connectivity index (χ0) is 35.9. The van der Waals surface area contributed by atoms with E-state index < -0.39 is 47.3 Å². The number of halogens is 4. The first-order chi connectivity index (χ1) is 24.3. The molecule has 48 heavy (non-hydrogen) atoms. The molecule has 4 aliphatic heterocycles. The summed E-state index contributed by atoms with van der Waals surface area (Å²) in [6.07, 6.45) is 9.22. The second-order valence-corrected chi connectivity index (χ2v) is 13.5. The van der Waals surface area contributed by atoms with Crippen LogP contribution in [0.3, 0.4) is 0 Å². The van der Waals surface area contributed by atoms with Crippen molar-refractivity contribution in [2.75, 3.05) is 51.3 Å². The number of fused-ring (bicyclic) bond motifs is 5. The number of pyridine rings is 1. The topological polar surface area (TPSA) is 95.9 Å². The van der Waals surface area contributed by atoms with Gasteiger partial charge in [0.15, 0.2) is 17.5 Å². The first-order valence-corrected chi connectivity index (χ1v) is 15.9. The largest absolute Gasteiger partial charge is 0.508 e. The third-order valence-corrected chi connectivity index (χ3v) is 10.5. The number of aromatic hydroxyl groups is 1. The van der Waals surface area contributed by atoms with E-state index in [-0.39, 0.29) is 76.3 Å². The van der Waals surface area contributed by atoms with E-state index in [9.17, 15) is 18.3 Å². The van der Waals surface area contributed by atoms with Crippen molar-refractivity contribution < 1.29 is 36.3 Å². The molecule has 4 atom stereocenters. The number of alkyl halides is 1. The molecule has 4 aliphatic rings. The van der Waals surface area contributed by atoms with E-state index in [1.165, 1.54) is 18.3 Å². The van der Waals surface area contributed by atoms with Crippen molar-refractivity contribution in [3.05, 3.63) is 47.4 Å². The van der Waals surface area contributed by atoms with Crippen LogP contribution in [0.4, 0.5) is 23.4 Å². The second kappa shape index (κ2) is 11.4. The molecule has 0 amide bonds. The van der Waals surface area contributed by atoms with Crippen LogP contribution in [0, 0.1) is 29.8 Å². The van der Waals surface area contributed by atoms with Crippen LogP contribution in [-0.4, -0.2) is 94.7 Å². The number of nitrogens with one attached hydrogen (secondary N) is 1. The number of piperazine rings is 1. The molecule has 2 aromatic heterocycles. The predicted molar refractivity (Wildman–Crippen MR) is 171 cm³/mol. The van der Waals surface area contributed by atoms with Crippen LogP contribution in [-0.2, 0) is 4.74 Å². The van der Waals surface area contributed by atoms with Crippen LogP contribution < -0.4 is 15.0 Å². The Hall–Kier alpha value is -4.25. The minimum atomic E-state index is -2.60. The maximum atomic E-state index is 17.0. The highest BCUT2D eigenvalue weighted by molar-refractivity contribution is 6.03. The highest BCUT2D eigenvalue weighted by Crippen LogP contribution is 2.43. The molecule has 6 heterocycles. The Bertz CT molecular complexity index is 2120. The van der Waals surface area contributed by atoms with Gasteiger partial charge in [0, 0.05) is 56.3 Å². The van der Waals surface area contributed by atoms with Gasteiger partial charge in [0.1, 0.15) is 35.6 Å². The van der Waals surface area contributed by atoms with Crippen molar-refractivity contribution in [2.24, 2.45) is 0 Å². The van der Waals surface area contributed by atoms with E-state index in [4.69, 9.17) is 25.0 Å². The lowest BCUT2D eigenvalue weighted by Gasteiger charge is -2.41. The smallest absolute Gasteiger partial charge is 0.319 e. The molecule has 2 aromatic carbocycles. The van der Waals surface area contributed by atoms with Crippen molar-refractivity contribution in [1.29, 1.82) is 0 Å². The van der Waals surface area contributed by atoms with Gasteiger partial charge in [-0.25, -0.2) is 17.6 Å². The van der Waals surface area contributed by atoms with Crippen molar-refractivity contribution >= 4 is 27.5 Å². The van der Waals surface area contributed by atoms with Crippen LogP contribution in [0.1, 0.15) is 41.8 Å². The van der Waals surface area contributed by atoms with Gasteiger partial charge in [0.05, 0.1) is 32.7 Å². The van der Waals surface area contributed by atoms with Gasteiger partial charge in [-0.15, -0.1) is 6.42 Å². The molecule has 0 saturated carbocycles. The summed E-state index contributed by atoms with van der Waals surface area (Å²) in [5.41, 5.74) is -2.35. The van der Waals surface area contributed by atoms with Crippen LogP contribution in [0.2, 0.25) is 0 Å². The number of anilines is 1. The molecular formula is C35H34F4N6O3. The lowest BCUT2D eigenvalue weighted by atomic mass is 9.95. The van der Waals surface area contributed by atoms with Crippen molar-refractivity contribution in [1.82, 2.24) is 25.2 Å². The van der Waals surface area contributed by atoms with Crippen LogP contribution >= 0.6 is 0 Å². The summed E-state index contributed by atoms with van der Waals surface area (Å²) in [5, 5.41) is 14.3. The van der Waals surface area contributed by atoms with Gasteiger partial charge in [-0.2, -0.15) is 9.97 Å². The van der Waals surface area contributed by atoms with Crippen molar-refractivity contribution in [2.45, 2.75) is 55.4 Å². The molecular weight excluding hydrogens is 628 g/mol. The Morgan fingerprint density at radius 2 is 2.04 bits per heavy atom. The number of hydrogen-bond donors (Lipinski definition) is 2. The number of ether oxygens (including phenoxy) is 2. The summed E-state index contributed by atoms with van der Waals surface area (Å²) >= 11 is 0. The molecule has 8 rings (SSSR count). The first kappa shape index (κ1) is 27.7. The molecule has 13 heteroatoms. The van der Waals surface area contributed by atoms with E-state index in [0.717, 1.165) is 31.9 Å². The maximum Gasteiger partial charge on any atom is 0.319 e. The van der Waals surface area contributed by atoms with Gasteiger partial charge in [0.2, 0.25) is 0 Å². The summed E-state index contributed by atoms with van der Waals surface area (Å²) < 4.78 is 95.1. The minimum Gasteiger partial charge on any atom is -0.508 e. The summed E-state index contributed by atoms with van der Waals surface area (Å²) in [6.45, 7) is 1.74. The molecule has 4 saturated heterocycles. The fourth-order valence-corrected chi connectivity index (χ4v) is 8.40. The quantitative estimate of drug-likeness (QED) is 0.212. The highest BCUT2D eigenvalue weighted by Gasteiger charge is 2.50. The van der Waals surface area contributed by atoms with E-state index >= 15 is 4.39 Å². The second-order valence-electron chi connectivity index (χ2n) is 13.5. The van der Waals surface area contributed by atoms with E-state index in [1.807, 2.05) is 4.90 Å². The average molecular weight is 666 g/mol. The molecule has 4 fully saturated rings. The molecule has 0 radical (unpaired) electrons. The van der Waals surface area contributed by atoms with Gasteiger partial charge >= 0.3 is 6.01 Å². The monoisotopic (exact) mass is 665 g/mol. The third kappa shape index (κ3) is 4.92. The number of rotatable bonds is 7. The number of phenolic OH excluding ortho intramolecular Hbond substituents is 1. The minimum absolute atomic E-state index is 0.0250. The Kier molecular flexibility index (Phi) is 6.59. The lowest BCUT2D eigenvalue weighted by molar-refractivity contribution is 0.107. The number of methoxy groups -OCH3 is 1. The summed E-state index contributed by atoms with van der Waals surface area (Å²) in [6, 6.07) is 3.01. The average Bonchev–Trinajstić information content (AvgIpc) is 3.71. The summed E-state index contributed by atoms with van der Waals surface area (Å²) in [4.78, 5) is 17.6. The number of phenols is 1. The molecule has 4 aromatic rings. The van der Waals surface area contributed by atoms with Gasteiger partial charge in [-0.05, 0) is 55.8 Å². The van der Waals surface area contributed by atoms with Crippen LogP contribution in [0.15, 0.2) is 24.4 Å². The Balaban J connectivity index is 1.26. The Morgan fingerprint density at radius 1 is 1.17 bits per heavy atom. The molecule has 0 aliphatic carbocycles. The third-order valence-electron chi connectivity index (χ3n) is 10.5. The van der Waals surface area contributed by atoms with E-state index in [1.54, 1.807) is 0 Å². The molecule has 2 unspecified atom stereocenters. The molecule has 2 N–H and O–H groups in total. The van der Waals surface area contributed by atoms with Gasteiger partial charge in [-0.3, -0.25) is 9.88 Å². The molecule has 2 bridgehead atoms. The summed E-state index contributed by atoms with van der Waals surface area (Å²) in [7, 11) is -2.60. The summed E-state index contributed by atoms with van der Waals surface area (Å²) in [5.74, 6) is -1.41. The van der Waals surface area contributed by atoms with Gasteiger partial charge < -0.3 is 24.8 Å². The normalized spacial score (nSPS) is 28.0. The first-order valence-electron chi connectivity index (χ1n) is 17.4. The number of hydrogen-bond acceptors (Lipinski definition) is 9. The number of benzene rings is 2. The van der Waals surface area contributed by atoms with E-state index in [0.29, 0.717) is 25.9 Å². The van der Waals surface area contributed by atoms with E-state index in [2.05, 4.69) is 26.1 Å².